The topological polar surface area (TPSA) is 53.5 Å². The molecule has 5 heteroatoms. The Morgan fingerprint density at radius 2 is 2.05 bits per heavy atom. The smallest absolute Gasteiger partial charge is 0.246 e. The van der Waals surface area contributed by atoms with E-state index in [0.29, 0.717) is 13.0 Å². The van der Waals surface area contributed by atoms with E-state index in [-0.39, 0.29) is 18.4 Å². The summed E-state index contributed by atoms with van der Waals surface area (Å²) in [6.45, 7) is 0.854. The molecule has 0 aliphatic carbocycles. The van der Waals surface area contributed by atoms with Gasteiger partial charge in [0.1, 0.15) is 6.54 Å². The summed E-state index contributed by atoms with van der Waals surface area (Å²) in [7, 11) is 1.72. The standard InChI is InChI=1S/C14H19N3O2/c1-16(12-6-8-15-9-7-12)14(19)11-17-10-4-2-3-5-13(17)18/h6-9H,2-5,10-11H2,1H3. The highest BCUT2D eigenvalue weighted by Gasteiger charge is 2.21. The Bertz CT molecular complexity index is 447. The molecule has 1 aromatic heterocycles. The maximum Gasteiger partial charge on any atom is 0.246 e. The molecular weight excluding hydrogens is 242 g/mol. The van der Waals surface area contributed by atoms with Gasteiger partial charge in [0.15, 0.2) is 0 Å². The summed E-state index contributed by atoms with van der Waals surface area (Å²) >= 11 is 0. The Morgan fingerprint density at radius 3 is 2.79 bits per heavy atom. The summed E-state index contributed by atoms with van der Waals surface area (Å²) in [6.07, 6.45) is 6.84. The van der Waals surface area contributed by atoms with Crippen molar-refractivity contribution in [3.63, 3.8) is 0 Å². The van der Waals surface area contributed by atoms with Crippen LogP contribution in [0.25, 0.3) is 0 Å². The van der Waals surface area contributed by atoms with Gasteiger partial charge >= 0.3 is 0 Å². The third-order valence-electron chi connectivity index (χ3n) is 3.42. The normalized spacial score (nSPS) is 16.1. The Kier molecular flexibility index (Phi) is 4.49. The minimum Gasteiger partial charge on any atom is -0.333 e. The van der Waals surface area contributed by atoms with Gasteiger partial charge in [0.25, 0.3) is 0 Å². The number of hydrogen-bond donors (Lipinski definition) is 0. The van der Waals surface area contributed by atoms with E-state index in [1.165, 1.54) is 0 Å². The molecule has 1 aromatic rings. The van der Waals surface area contributed by atoms with Gasteiger partial charge in [0.05, 0.1) is 0 Å². The van der Waals surface area contributed by atoms with Gasteiger partial charge in [-0.1, -0.05) is 6.42 Å². The molecule has 0 atom stereocenters. The second kappa shape index (κ2) is 6.31. The van der Waals surface area contributed by atoms with Crippen molar-refractivity contribution in [2.45, 2.75) is 25.7 Å². The number of carbonyl (C=O) groups is 2. The van der Waals surface area contributed by atoms with Crippen molar-refractivity contribution in [3.8, 4) is 0 Å². The first-order chi connectivity index (χ1) is 9.18. The molecule has 0 radical (unpaired) electrons. The zero-order valence-corrected chi connectivity index (χ0v) is 11.2. The molecule has 0 bridgehead atoms. The van der Waals surface area contributed by atoms with Gasteiger partial charge in [-0.25, -0.2) is 0 Å². The van der Waals surface area contributed by atoms with Crippen molar-refractivity contribution in [2.24, 2.45) is 0 Å². The number of carbonyl (C=O) groups excluding carboxylic acids is 2. The van der Waals surface area contributed by atoms with Crippen LogP contribution in [0, 0.1) is 0 Å². The first-order valence-corrected chi connectivity index (χ1v) is 6.63. The van der Waals surface area contributed by atoms with Crippen molar-refractivity contribution >= 4 is 17.5 Å². The Balaban J connectivity index is 1.98. The molecule has 2 rings (SSSR count). The number of anilines is 1. The molecule has 5 nitrogen and oxygen atoms in total. The highest BCUT2D eigenvalue weighted by molar-refractivity contribution is 5.96. The number of nitrogens with zero attached hydrogens (tertiary/aromatic N) is 3. The van der Waals surface area contributed by atoms with Gasteiger partial charge in [-0.3, -0.25) is 14.6 Å². The predicted molar refractivity (Wildman–Crippen MR) is 72.7 cm³/mol. The summed E-state index contributed by atoms with van der Waals surface area (Å²) in [5, 5.41) is 0. The van der Waals surface area contributed by atoms with E-state index < -0.39 is 0 Å². The Hall–Kier alpha value is -1.91. The number of rotatable bonds is 3. The number of amides is 2. The van der Waals surface area contributed by atoms with E-state index >= 15 is 0 Å². The van der Waals surface area contributed by atoms with Gasteiger partial charge in [-0.15, -0.1) is 0 Å². The van der Waals surface area contributed by atoms with Crippen LogP contribution in [0.1, 0.15) is 25.7 Å². The Labute approximate surface area is 113 Å². The average Bonchev–Trinajstić information content (AvgIpc) is 2.64. The second-order valence-corrected chi connectivity index (χ2v) is 4.78. The van der Waals surface area contributed by atoms with Crippen molar-refractivity contribution in [3.05, 3.63) is 24.5 Å². The largest absolute Gasteiger partial charge is 0.333 e. The zero-order valence-electron chi connectivity index (χ0n) is 11.2. The van der Waals surface area contributed by atoms with Crippen molar-refractivity contribution in [1.29, 1.82) is 0 Å². The van der Waals surface area contributed by atoms with E-state index in [1.54, 1.807) is 41.4 Å². The third kappa shape index (κ3) is 3.53. The van der Waals surface area contributed by atoms with E-state index in [0.717, 1.165) is 24.9 Å². The molecule has 19 heavy (non-hydrogen) atoms. The summed E-state index contributed by atoms with van der Waals surface area (Å²) in [6, 6.07) is 3.56. The fourth-order valence-corrected chi connectivity index (χ4v) is 2.19. The predicted octanol–water partition coefficient (Wildman–Crippen LogP) is 1.45. The highest BCUT2D eigenvalue weighted by Crippen LogP contribution is 2.13. The second-order valence-electron chi connectivity index (χ2n) is 4.78. The van der Waals surface area contributed by atoms with E-state index in [2.05, 4.69) is 4.98 Å². The van der Waals surface area contributed by atoms with Crippen LogP contribution in [0.15, 0.2) is 24.5 Å². The van der Waals surface area contributed by atoms with Crippen LogP contribution < -0.4 is 4.90 Å². The molecule has 1 saturated heterocycles. The molecule has 2 amide bonds. The molecule has 1 fully saturated rings. The van der Waals surface area contributed by atoms with Gasteiger partial charge in [0, 0.05) is 38.1 Å². The summed E-state index contributed by atoms with van der Waals surface area (Å²) in [5.74, 6) is 0.0235. The van der Waals surface area contributed by atoms with Crippen LogP contribution in [0.5, 0.6) is 0 Å². The van der Waals surface area contributed by atoms with E-state index in [1.807, 2.05) is 0 Å². The first-order valence-electron chi connectivity index (χ1n) is 6.63. The number of aromatic nitrogens is 1. The average molecular weight is 261 g/mol. The molecule has 1 aliphatic heterocycles. The van der Waals surface area contributed by atoms with Crippen LogP contribution in [-0.2, 0) is 9.59 Å². The molecule has 0 spiro atoms. The van der Waals surface area contributed by atoms with Crippen molar-refractivity contribution < 1.29 is 9.59 Å². The molecule has 0 N–H and O–H groups in total. The number of likely N-dealkylation sites (N-methyl/N-ethyl adjacent to an activating group) is 1. The minimum absolute atomic E-state index is 0.0681. The number of pyridine rings is 1. The number of hydrogen-bond acceptors (Lipinski definition) is 3. The lowest BCUT2D eigenvalue weighted by Gasteiger charge is -2.24. The molecule has 0 saturated carbocycles. The maximum absolute atomic E-state index is 12.2. The molecule has 1 aliphatic rings. The van der Waals surface area contributed by atoms with Crippen LogP contribution in [0.4, 0.5) is 5.69 Å². The monoisotopic (exact) mass is 261 g/mol. The summed E-state index contributed by atoms with van der Waals surface area (Å²) in [4.78, 5) is 31.2. The third-order valence-corrected chi connectivity index (χ3v) is 3.42. The van der Waals surface area contributed by atoms with Gasteiger partial charge in [0.2, 0.25) is 11.8 Å². The van der Waals surface area contributed by atoms with Crippen LogP contribution in [0.3, 0.4) is 0 Å². The lowest BCUT2D eigenvalue weighted by molar-refractivity contribution is -0.134. The van der Waals surface area contributed by atoms with Crippen molar-refractivity contribution in [2.75, 3.05) is 25.0 Å². The van der Waals surface area contributed by atoms with Gasteiger partial charge in [-0.05, 0) is 25.0 Å². The first kappa shape index (κ1) is 13.5. The summed E-state index contributed by atoms with van der Waals surface area (Å²) in [5.41, 5.74) is 0.794. The van der Waals surface area contributed by atoms with Crippen LogP contribution >= 0.6 is 0 Å². The molecule has 102 valence electrons. The molecular formula is C14H19N3O2. The van der Waals surface area contributed by atoms with Crippen molar-refractivity contribution in [1.82, 2.24) is 9.88 Å². The lowest BCUT2D eigenvalue weighted by atomic mass is 10.2. The minimum atomic E-state index is -0.0681. The quantitative estimate of drug-likeness (QED) is 0.827. The van der Waals surface area contributed by atoms with Crippen LogP contribution in [0.2, 0.25) is 0 Å². The SMILES string of the molecule is CN(C(=O)CN1CCCCCC1=O)c1ccncc1. The van der Waals surface area contributed by atoms with E-state index in [9.17, 15) is 9.59 Å². The van der Waals surface area contributed by atoms with Gasteiger partial charge in [-0.2, -0.15) is 0 Å². The summed E-state index contributed by atoms with van der Waals surface area (Å²) < 4.78 is 0. The maximum atomic E-state index is 12.2. The number of likely N-dealkylation sites (tertiary alicyclic amines) is 1. The van der Waals surface area contributed by atoms with Gasteiger partial charge < -0.3 is 9.80 Å². The molecule has 2 heterocycles. The fourth-order valence-electron chi connectivity index (χ4n) is 2.19. The lowest BCUT2D eigenvalue weighted by Crippen LogP contribution is -2.41. The van der Waals surface area contributed by atoms with E-state index in [4.69, 9.17) is 0 Å². The zero-order chi connectivity index (χ0) is 13.7. The Morgan fingerprint density at radius 1 is 1.32 bits per heavy atom. The highest BCUT2D eigenvalue weighted by atomic mass is 16.2. The molecule has 0 aromatic carbocycles. The fraction of sp³-hybridized carbons (Fsp3) is 0.500. The molecule has 0 unspecified atom stereocenters. The van der Waals surface area contributed by atoms with Crippen LogP contribution in [-0.4, -0.2) is 41.8 Å².